The van der Waals surface area contributed by atoms with E-state index in [4.69, 9.17) is 11.6 Å². The number of carbonyl (C=O) groups is 1. The third-order valence-electron chi connectivity index (χ3n) is 3.40. The molecule has 0 aliphatic carbocycles. The van der Waals surface area contributed by atoms with Crippen LogP contribution in [0.2, 0.25) is 5.15 Å². The van der Waals surface area contributed by atoms with Gasteiger partial charge in [0.05, 0.1) is 5.69 Å². The number of hydrogen-bond donors (Lipinski definition) is 3. The number of aryl methyl sites for hydroxylation is 1. The molecule has 1 aromatic heterocycles. The number of urea groups is 1. The average molecular weight is 390 g/mol. The summed E-state index contributed by atoms with van der Waals surface area (Å²) in [6.07, 6.45) is 0. The van der Waals surface area contributed by atoms with Crippen LogP contribution in [-0.2, 0) is 0 Å². The molecule has 0 fully saturated rings. The van der Waals surface area contributed by atoms with Crippen molar-refractivity contribution in [1.82, 2.24) is 9.97 Å². The highest BCUT2D eigenvalue weighted by Crippen LogP contribution is 2.23. The summed E-state index contributed by atoms with van der Waals surface area (Å²) in [7, 11) is 0. The molecule has 0 aliphatic heterocycles. The standard InChI is InChI=1S/C18H14ClF2N5O/c1-10-22-16(19)9-17(23-10)26-15-7-6-13(8-14(15)21)25-18(27)24-12-4-2-11(20)3-5-12/h2-9H,1H3,(H,22,23,26)(H2,24,25,27). The van der Waals surface area contributed by atoms with Gasteiger partial charge in [0.25, 0.3) is 0 Å². The van der Waals surface area contributed by atoms with Gasteiger partial charge in [0, 0.05) is 17.4 Å². The normalized spacial score (nSPS) is 10.4. The SMILES string of the molecule is Cc1nc(Cl)cc(Nc2ccc(NC(=O)Nc3ccc(F)cc3)cc2F)n1. The van der Waals surface area contributed by atoms with E-state index in [-0.39, 0.29) is 16.5 Å². The summed E-state index contributed by atoms with van der Waals surface area (Å²) in [6.45, 7) is 1.67. The van der Waals surface area contributed by atoms with E-state index in [2.05, 4.69) is 25.9 Å². The van der Waals surface area contributed by atoms with Crippen molar-refractivity contribution in [2.24, 2.45) is 0 Å². The Bertz CT molecular complexity index is 962. The van der Waals surface area contributed by atoms with Crippen LogP contribution in [0.4, 0.5) is 36.5 Å². The van der Waals surface area contributed by atoms with E-state index < -0.39 is 17.7 Å². The highest BCUT2D eigenvalue weighted by molar-refractivity contribution is 6.29. The van der Waals surface area contributed by atoms with E-state index in [1.807, 2.05) is 0 Å². The minimum absolute atomic E-state index is 0.161. The molecule has 6 nitrogen and oxygen atoms in total. The summed E-state index contributed by atoms with van der Waals surface area (Å²) < 4.78 is 27.2. The van der Waals surface area contributed by atoms with Gasteiger partial charge < -0.3 is 16.0 Å². The van der Waals surface area contributed by atoms with Crippen LogP contribution in [0, 0.1) is 18.6 Å². The number of aromatic nitrogens is 2. The van der Waals surface area contributed by atoms with Crippen molar-refractivity contribution in [3.8, 4) is 0 Å². The first-order valence-electron chi connectivity index (χ1n) is 7.80. The van der Waals surface area contributed by atoms with Gasteiger partial charge in [-0.05, 0) is 49.4 Å². The maximum absolute atomic E-state index is 14.3. The molecule has 1 heterocycles. The van der Waals surface area contributed by atoms with Gasteiger partial charge in [0.1, 0.15) is 28.4 Å². The fourth-order valence-corrected chi connectivity index (χ4v) is 2.48. The lowest BCUT2D eigenvalue weighted by atomic mass is 10.2. The summed E-state index contributed by atoms with van der Waals surface area (Å²) in [4.78, 5) is 20.0. The molecule has 3 N–H and O–H groups in total. The van der Waals surface area contributed by atoms with Crippen molar-refractivity contribution in [3.05, 3.63) is 71.1 Å². The molecule has 3 rings (SSSR count). The Morgan fingerprint density at radius 1 is 0.963 bits per heavy atom. The molecule has 0 unspecified atom stereocenters. The third-order valence-corrected chi connectivity index (χ3v) is 3.59. The van der Waals surface area contributed by atoms with E-state index in [0.717, 1.165) is 6.07 Å². The number of anilines is 4. The molecular formula is C18H14ClF2N5O. The van der Waals surface area contributed by atoms with Crippen LogP contribution in [0.3, 0.4) is 0 Å². The Kier molecular flexibility index (Phi) is 5.46. The van der Waals surface area contributed by atoms with Gasteiger partial charge in [-0.15, -0.1) is 0 Å². The van der Waals surface area contributed by atoms with E-state index in [0.29, 0.717) is 17.3 Å². The van der Waals surface area contributed by atoms with E-state index in [1.165, 1.54) is 42.5 Å². The number of nitrogens with zero attached hydrogens (tertiary/aromatic N) is 2. The fraction of sp³-hybridized carbons (Fsp3) is 0.0556. The molecule has 0 radical (unpaired) electrons. The summed E-state index contributed by atoms with van der Waals surface area (Å²) in [6, 6.07) is 10.3. The van der Waals surface area contributed by atoms with Crippen LogP contribution in [0.15, 0.2) is 48.5 Å². The maximum atomic E-state index is 14.3. The van der Waals surface area contributed by atoms with Gasteiger partial charge in [0.15, 0.2) is 0 Å². The first-order chi connectivity index (χ1) is 12.9. The lowest BCUT2D eigenvalue weighted by molar-refractivity contribution is 0.262. The third kappa shape index (κ3) is 5.11. The van der Waals surface area contributed by atoms with Crippen LogP contribution < -0.4 is 16.0 Å². The quantitative estimate of drug-likeness (QED) is 0.542. The Morgan fingerprint density at radius 2 is 1.63 bits per heavy atom. The van der Waals surface area contributed by atoms with Gasteiger partial charge in [-0.25, -0.2) is 23.5 Å². The predicted octanol–water partition coefficient (Wildman–Crippen LogP) is 5.10. The first kappa shape index (κ1) is 18.5. The van der Waals surface area contributed by atoms with Crippen LogP contribution in [0.1, 0.15) is 5.82 Å². The monoisotopic (exact) mass is 389 g/mol. The molecule has 0 atom stereocenters. The van der Waals surface area contributed by atoms with Crippen LogP contribution in [-0.4, -0.2) is 16.0 Å². The van der Waals surface area contributed by atoms with Crippen LogP contribution in [0.25, 0.3) is 0 Å². The van der Waals surface area contributed by atoms with Crippen LogP contribution in [0.5, 0.6) is 0 Å². The van der Waals surface area contributed by atoms with Gasteiger partial charge in [-0.1, -0.05) is 11.6 Å². The number of halogens is 3. The minimum atomic E-state index is -0.595. The number of carbonyl (C=O) groups excluding carboxylic acids is 1. The highest BCUT2D eigenvalue weighted by Gasteiger charge is 2.09. The molecule has 27 heavy (non-hydrogen) atoms. The Hall–Kier alpha value is -3.26. The lowest BCUT2D eigenvalue weighted by Crippen LogP contribution is -2.19. The Morgan fingerprint density at radius 3 is 2.30 bits per heavy atom. The molecule has 0 saturated heterocycles. The highest BCUT2D eigenvalue weighted by atomic mass is 35.5. The van der Waals surface area contributed by atoms with Crippen molar-refractivity contribution in [2.75, 3.05) is 16.0 Å². The fourth-order valence-electron chi connectivity index (χ4n) is 2.25. The summed E-state index contributed by atoms with van der Waals surface area (Å²) in [5.74, 6) is -0.212. The van der Waals surface area contributed by atoms with Gasteiger partial charge in [0.2, 0.25) is 0 Å². The molecule has 9 heteroatoms. The molecule has 138 valence electrons. The van der Waals surface area contributed by atoms with Crippen LogP contribution >= 0.6 is 11.6 Å². The molecule has 2 amide bonds. The molecule has 0 saturated carbocycles. The summed E-state index contributed by atoms with van der Waals surface area (Å²) in [5.41, 5.74) is 0.812. The topological polar surface area (TPSA) is 78.9 Å². The molecule has 3 aromatic rings. The minimum Gasteiger partial charge on any atom is -0.338 e. The van der Waals surface area contributed by atoms with Gasteiger partial charge >= 0.3 is 6.03 Å². The molecule has 0 bridgehead atoms. The van der Waals surface area contributed by atoms with E-state index in [9.17, 15) is 13.6 Å². The zero-order valence-corrected chi connectivity index (χ0v) is 14.8. The number of nitrogens with one attached hydrogen (secondary N) is 3. The second kappa shape index (κ2) is 7.96. The Balaban J connectivity index is 1.67. The van der Waals surface area contributed by atoms with Crippen molar-refractivity contribution >= 4 is 40.5 Å². The van der Waals surface area contributed by atoms with Gasteiger partial charge in [-0.2, -0.15) is 0 Å². The second-order valence-electron chi connectivity index (χ2n) is 5.53. The maximum Gasteiger partial charge on any atom is 0.323 e. The predicted molar refractivity (Wildman–Crippen MR) is 101 cm³/mol. The number of rotatable bonds is 4. The first-order valence-corrected chi connectivity index (χ1v) is 8.18. The second-order valence-corrected chi connectivity index (χ2v) is 5.92. The summed E-state index contributed by atoms with van der Waals surface area (Å²) >= 11 is 5.85. The van der Waals surface area contributed by atoms with Crippen molar-refractivity contribution in [1.29, 1.82) is 0 Å². The molecule has 0 aliphatic rings. The Labute approximate surface area is 158 Å². The zero-order valence-electron chi connectivity index (χ0n) is 14.1. The molecular weight excluding hydrogens is 376 g/mol. The van der Waals surface area contributed by atoms with Crippen molar-refractivity contribution < 1.29 is 13.6 Å². The zero-order chi connectivity index (χ0) is 19.4. The van der Waals surface area contributed by atoms with E-state index >= 15 is 0 Å². The number of amides is 2. The van der Waals surface area contributed by atoms with Crippen molar-refractivity contribution in [2.45, 2.75) is 6.92 Å². The molecule has 0 spiro atoms. The lowest BCUT2D eigenvalue weighted by Gasteiger charge is -2.11. The molecule has 2 aromatic carbocycles. The smallest absolute Gasteiger partial charge is 0.323 e. The number of hydrogen-bond acceptors (Lipinski definition) is 4. The largest absolute Gasteiger partial charge is 0.338 e. The average Bonchev–Trinajstić information content (AvgIpc) is 2.58. The van der Waals surface area contributed by atoms with Gasteiger partial charge in [-0.3, -0.25) is 0 Å². The van der Waals surface area contributed by atoms with Crippen molar-refractivity contribution in [3.63, 3.8) is 0 Å². The van der Waals surface area contributed by atoms with E-state index in [1.54, 1.807) is 6.92 Å². The summed E-state index contributed by atoms with van der Waals surface area (Å²) in [5, 5.41) is 8.06. The number of benzene rings is 2.